The van der Waals surface area contributed by atoms with Crippen molar-refractivity contribution in [2.75, 3.05) is 26.7 Å². The van der Waals surface area contributed by atoms with Gasteiger partial charge in [0.15, 0.2) is 0 Å². The van der Waals surface area contributed by atoms with Gasteiger partial charge in [0.05, 0.1) is 11.6 Å². The highest BCUT2D eigenvalue weighted by Crippen LogP contribution is 2.19. The third kappa shape index (κ3) is 3.32. The minimum atomic E-state index is -0.141. The number of aromatic amines is 1. The summed E-state index contributed by atoms with van der Waals surface area (Å²) in [7, 11) is 1.94. The summed E-state index contributed by atoms with van der Waals surface area (Å²) in [6.07, 6.45) is 2.43. The predicted molar refractivity (Wildman–Crippen MR) is 85.7 cm³/mol. The number of aromatic nitrogens is 1. The number of likely N-dealkylation sites (tertiary alicyclic amines) is 1. The van der Waals surface area contributed by atoms with Gasteiger partial charge in [0.25, 0.3) is 5.91 Å². The minimum absolute atomic E-state index is 0.0105. The molecule has 2 amide bonds. The Morgan fingerprint density at radius 2 is 2.09 bits per heavy atom. The lowest BCUT2D eigenvalue weighted by atomic mass is 10.1. The van der Waals surface area contributed by atoms with Gasteiger partial charge in [-0.3, -0.25) is 14.5 Å². The summed E-state index contributed by atoms with van der Waals surface area (Å²) >= 11 is 0. The second-order valence-corrected chi connectivity index (χ2v) is 5.89. The molecule has 1 aliphatic rings. The summed E-state index contributed by atoms with van der Waals surface area (Å²) in [5, 5.41) is 3.04. The molecule has 6 nitrogen and oxygen atoms in total. The molecule has 1 fully saturated rings. The fraction of sp³-hybridized carbons (Fsp3) is 0.625. The van der Waals surface area contributed by atoms with Gasteiger partial charge in [-0.1, -0.05) is 0 Å². The molecule has 0 radical (unpaired) electrons. The number of carbonyl (C=O) groups is 2. The molecule has 6 heteroatoms. The number of carbonyl (C=O) groups excluding carboxylic acids is 2. The van der Waals surface area contributed by atoms with Crippen LogP contribution >= 0.6 is 0 Å². The molecule has 22 heavy (non-hydrogen) atoms. The molecule has 2 heterocycles. The first-order valence-corrected chi connectivity index (χ1v) is 7.91. The average Bonchev–Trinajstić information content (AvgIpc) is 3.06. The summed E-state index contributed by atoms with van der Waals surface area (Å²) in [6, 6.07) is 1.65. The second kappa shape index (κ2) is 6.96. The molecule has 2 atom stereocenters. The Kier molecular flexibility index (Phi) is 5.24. The number of aryl methyl sites for hydroxylation is 1. The molecule has 0 bridgehead atoms. The van der Waals surface area contributed by atoms with Crippen LogP contribution in [0.5, 0.6) is 0 Å². The maximum atomic E-state index is 12.5. The van der Waals surface area contributed by atoms with Crippen LogP contribution in [0.15, 0.2) is 12.3 Å². The Morgan fingerprint density at radius 3 is 2.64 bits per heavy atom. The van der Waals surface area contributed by atoms with Crippen molar-refractivity contribution in [1.82, 2.24) is 20.1 Å². The Bertz CT molecular complexity index is 536. The van der Waals surface area contributed by atoms with E-state index in [2.05, 4.69) is 10.3 Å². The first-order valence-electron chi connectivity index (χ1n) is 7.91. The number of hydrogen-bond acceptors (Lipinski definition) is 3. The van der Waals surface area contributed by atoms with Crippen LogP contribution in [0.3, 0.4) is 0 Å². The van der Waals surface area contributed by atoms with Crippen LogP contribution in [0, 0.1) is 6.92 Å². The zero-order valence-corrected chi connectivity index (χ0v) is 13.8. The van der Waals surface area contributed by atoms with Gasteiger partial charge >= 0.3 is 0 Å². The van der Waals surface area contributed by atoms with Crippen LogP contribution in [0.25, 0.3) is 0 Å². The monoisotopic (exact) mass is 306 g/mol. The van der Waals surface area contributed by atoms with Gasteiger partial charge in [-0.15, -0.1) is 0 Å². The molecule has 1 aliphatic heterocycles. The van der Waals surface area contributed by atoms with Gasteiger partial charge in [-0.25, -0.2) is 0 Å². The fourth-order valence-corrected chi connectivity index (χ4v) is 3.10. The molecular weight excluding hydrogens is 280 g/mol. The maximum absolute atomic E-state index is 12.5. The van der Waals surface area contributed by atoms with Crippen LogP contribution in [0.2, 0.25) is 0 Å². The summed E-state index contributed by atoms with van der Waals surface area (Å²) in [5.74, 6) is 0.0789. The summed E-state index contributed by atoms with van der Waals surface area (Å²) < 4.78 is 0. The molecule has 1 saturated heterocycles. The van der Waals surface area contributed by atoms with E-state index in [9.17, 15) is 9.59 Å². The molecule has 2 N–H and O–H groups in total. The van der Waals surface area contributed by atoms with Crippen molar-refractivity contribution in [2.45, 2.75) is 39.3 Å². The number of rotatable bonds is 5. The van der Waals surface area contributed by atoms with Crippen molar-refractivity contribution in [3.05, 3.63) is 23.5 Å². The van der Waals surface area contributed by atoms with E-state index >= 15 is 0 Å². The summed E-state index contributed by atoms with van der Waals surface area (Å²) in [6.45, 7) is 8.00. The smallest absolute Gasteiger partial charge is 0.253 e. The van der Waals surface area contributed by atoms with Crippen LogP contribution in [-0.4, -0.2) is 65.4 Å². The lowest BCUT2D eigenvalue weighted by molar-refractivity contribution is -0.135. The molecule has 0 saturated carbocycles. The van der Waals surface area contributed by atoms with Crippen molar-refractivity contribution in [1.29, 1.82) is 0 Å². The molecule has 1 aromatic rings. The quantitative estimate of drug-likeness (QED) is 0.852. The van der Waals surface area contributed by atoms with Crippen molar-refractivity contribution in [2.24, 2.45) is 0 Å². The van der Waals surface area contributed by atoms with E-state index in [0.29, 0.717) is 18.5 Å². The number of amides is 2. The summed E-state index contributed by atoms with van der Waals surface area (Å²) in [4.78, 5) is 31.7. The van der Waals surface area contributed by atoms with E-state index in [4.69, 9.17) is 0 Å². The molecule has 0 aromatic carbocycles. The Hall–Kier alpha value is -1.82. The van der Waals surface area contributed by atoms with Crippen LogP contribution in [-0.2, 0) is 4.79 Å². The Balaban J connectivity index is 1.97. The average molecular weight is 306 g/mol. The first kappa shape index (κ1) is 16.5. The van der Waals surface area contributed by atoms with Crippen molar-refractivity contribution < 1.29 is 9.59 Å². The van der Waals surface area contributed by atoms with Gasteiger partial charge in [-0.2, -0.15) is 0 Å². The first-order chi connectivity index (χ1) is 10.5. The standard InChI is InChI=1S/C16H26N4O2/c1-5-20(6-2)16(22)14-9-12(10-19(14)4)18-15(21)13-7-8-17-11(13)3/h7-8,12,14,17H,5-6,9-10H2,1-4H3,(H,18,21)/t12-,14+/m1/s1. The number of hydrogen-bond donors (Lipinski definition) is 2. The Morgan fingerprint density at radius 1 is 1.41 bits per heavy atom. The van der Waals surface area contributed by atoms with Crippen LogP contribution < -0.4 is 5.32 Å². The number of H-pyrrole nitrogens is 1. The summed E-state index contributed by atoms with van der Waals surface area (Å²) in [5.41, 5.74) is 1.53. The van der Waals surface area contributed by atoms with Crippen LogP contribution in [0.4, 0.5) is 0 Å². The van der Waals surface area contributed by atoms with E-state index < -0.39 is 0 Å². The lowest BCUT2D eigenvalue weighted by Crippen LogP contribution is -2.44. The van der Waals surface area contributed by atoms with Crippen molar-refractivity contribution in [3.63, 3.8) is 0 Å². The predicted octanol–water partition coefficient (Wildman–Crippen LogP) is 0.994. The lowest BCUT2D eigenvalue weighted by Gasteiger charge is -2.26. The van der Waals surface area contributed by atoms with Crippen molar-refractivity contribution >= 4 is 11.8 Å². The number of nitrogens with one attached hydrogen (secondary N) is 2. The topological polar surface area (TPSA) is 68.4 Å². The van der Waals surface area contributed by atoms with Crippen LogP contribution in [0.1, 0.15) is 36.3 Å². The highest BCUT2D eigenvalue weighted by Gasteiger charge is 2.36. The largest absolute Gasteiger partial charge is 0.365 e. The second-order valence-electron chi connectivity index (χ2n) is 5.89. The highest BCUT2D eigenvalue weighted by molar-refractivity contribution is 5.95. The van der Waals surface area contributed by atoms with E-state index in [1.165, 1.54) is 0 Å². The maximum Gasteiger partial charge on any atom is 0.253 e. The van der Waals surface area contributed by atoms with Gasteiger partial charge in [0.2, 0.25) is 5.91 Å². The third-order valence-corrected chi connectivity index (χ3v) is 4.44. The third-order valence-electron chi connectivity index (χ3n) is 4.44. The fourth-order valence-electron chi connectivity index (χ4n) is 3.10. The van der Waals surface area contributed by atoms with E-state index in [-0.39, 0.29) is 23.9 Å². The molecular formula is C16H26N4O2. The van der Waals surface area contributed by atoms with Gasteiger partial charge in [-0.05, 0) is 40.3 Å². The molecule has 122 valence electrons. The Labute approximate surface area is 131 Å². The molecule has 1 aromatic heterocycles. The minimum Gasteiger partial charge on any atom is -0.365 e. The van der Waals surface area contributed by atoms with Gasteiger partial charge < -0.3 is 15.2 Å². The zero-order valence-electron chi connectivity index (χ0n) is 13.8. The number of nitrogens with zero attached hydrogens (tertiary/aromatic N) is 2. The van der Waals surface area contributed by atoms with Gasteiger partial charge in [0, 0.05) is 37.6 Å². The van der Waals surface area contributed by atoms with Crippen molar-refractivity contribution in [3.8, 4) is 0 Å². The molecule has 0 spiro atoms. The molecule has 2 rings (SSSR count). The molecule has 0 aliphatic carbocycles. The van der Waals surface area contributed by atoms with E-state index in [1.807, 2.05) is 37.6 Å². The van der Waals surface area contributed by atoms with E-state index in [1.54, 1.807) is 12.3 Å². The number of likely N-dealkylation sites (N-methyl/N-ethyl adjacent to an activating group) is 2. The molecule has 0 unspecified atom stereocenters. The normalized spacial score (nSPS) is 21.8. The van der Waals surface area contributed by atoms with Gasteiger partial charge in [0.1, 0.15) is 0 Å². The van der Waals surface area contributed by atoms with E-state index in [0.717, 1.165) is 18.8 Å². The SMILES string of the molecule is CCN(CC)C(=O)[C@@H]1C[C@@H](NC(=O)c2cc[nH]c2C)CN1C. The zero-order chi connectivity index (χ0) is 16.3. The highest BCUT2D eigenvalue weighted by atomic mass is 16.2.